The fourth-order valence-corrected chi connectivity index (χ4v) is 6.09. The van der Waals surface area contributed by atoms with Crippen molar-refractivity contribution in [1.29, 1.82) is 0 Å². The molecule has 1 aliphatic carbocycles. The Balaban J connectivity index is 1.62. The van der Waals surface area contributed by atoms with Crippen LogP contribution in [0.1, 0.15) is 57.8 Å². The minimum Gasteiger partial charge on any atom is -0.392 e. The third-order valence-corrected chi connectivity index (χ3v) is 7.50. The Morgan fingerprint density at radius 2 is 1.74 bits per heavy atom. The Kier molecular flexibility index (Phi) is 7.42. The first-order chi connectivity index (χ1) is 9.25. The van der Waals surface area contributed by atoms with Gasteiger partial charge in [0.25, 0.3) is 0 Å². The van der Waals surface area contributed by atoms with Gasteiger partial charge in [-0.3, -0.25) is 0 Å². The van der Waals surface area contributed by atoms with Gasteiger partial charge in [-0.05, 0) is 43.1 Å². The van der Waals surface area contributed by atoms with E-state index in [2.05, 4.69) is 23.5 Å². The van der Waals surface area contributed by atoms with Crippen molar-refractivity contribution in [2.24, 2.45) is 11.7 Å². The van der Waals surface area contributed by atoms with Crippen LogP contribution in [0.25, 0.3) is 0 Å². The zero-order chi connectivity index (χ0) is 13.5. The van der Waals surface area contributed by atoms with E-state index in [1.807, 2.05) is 0 Å². The Bertz CT molecular complexity index is 240. The lowest BCUT2D eigenvalue weighted by Crippen LogP contribution is -2.37. The normalized spacial score (nSPS) is 26.2. The summed E-state index contributed by atoms with van der Waals surface area (Å²) < 4.78 is 0.699. The fraction of sp³-hybridized carbons (Fsp3) is 1.00. The maximum absolute atomic E-state index is 10.2. The molecule has 112 valence electrons. The van der Waals surface area contributed by atoms with Gasteiger partial charge in [-0.25, -0.2) is 0 Å². The molecule has 1 saturated heterocycles. The highest BCUT2D eigenvalue weighted by atomic mass is 32.2. The molecule has 3 N–H and O–H groups in total. The summed E-state index contributed by atoms with van der Waals surface area (Å²) in [4.78, 5) is 0. The molecule has 2 unspecified atom stereocenters. The van der Waals surface area contributed by atoms with Crippen molar-refractivity contribution in [2.45, 2.75) is 74.5 Å². The third-order valence-electron chi connectivity index (χ3n) is 4.42. The second-order valence-corrected chi connectivity index (χ2v) is 8.99. The first-order valence-corrected chi connectivity index (χ1v) is 10.0. The Labute approximate surface area is 126 Å². The molecule has 19 heavy (non-hydrogen) atoms. The second-order valence-electron chi connectivity index (χ2n) is 6.07. The fourth-order valence-electron chi connectivity index (χ4n) is 3.19. The van der Waals surface area contributed by atoms with Gasteiger partial charge in [0.05, 0.1) is 10.7 Å². The van der Waals surface area contributed by atoms with E-state index in [-0.39, 0.29) is 12.1 Å². The lowest BCUT2D eigenvalue weighted by atomic mass is 9.83. The van der Waals surface area contributed by atoms with Crippen LogP contribution in [0.4, 0.5) is 0 Å². The highest BCUT2D eigenvalue weighted by Crippen LogP contribution is 2.34. The molecule has 2 atom stereocenters. The van der Waals surface area contributed by atoms with Crippen LogP contribution in [-0.2, 0) is 0 Å². The number of aliphatic hydroxyl groups excluding tert-OH is 1. The van der Waals surface area contributed by atoms with Crippen molar-refractivity contribution >= 4 is 23.5 Å². The molecule has 0 aromatic heterocycles. The molecular weight excluding hydrogens is 274 g/mol. The van der Waals surface area contributed by atoms with Gasteiger partial charge >= 0.3 is 0 Å². The van der Waals surface area contributed by atoms with Gasteiger partial charge in [-0.1, -0.05) is 32.1 Å². The summed E-state index contributed by atoms with van der Waals surface area (Å²) in [5.74, 6) is 3.36. The van der Waals surface area contributed by atoms with Crippen LogP contribution in [-0.4, -0.2) is 33.3 Å². The average molecular weight is 304 g/mol. The van der Waals surface area contributed by atoms with E-state index < -0.39 is 0 Å². The summed E-state index contributed by atoms with van der Waals surface area (Å²) in [6.45, 7) is 0. The molecule has 1 heterocycles. The van der Waals surface area contributed by atoms with Crippen molar-refractivity contribution in [3.8, 4) is 0 Å². The van der Waals surface area contributed by atoms with E-state index in [1.54, 1.807) is 0 Å². The van der Waals surface area contributed by atoms with Crippen molar-refractivity contribution < 1.29 is 5.11 Å². The van der Waals surface area contributed by atoms with Gasteiger partial charge in [0.15, 0.2) is 0 Å². The molecule has 2 aliphatic rings. The Hall–Kier alpha value is 0.620. The number of nitrogens with two attached hydrogens (primary N) is 1. The number of thioether (sulfide) groups is 2. The maximum atomic E-state index is 10.2. The minimum absolute atomic E-state index is 0.00157. The predicted octanol–water partition coefficient (Wildman–Crippen LogP) is 3.62. The number of aliphatic hydroxyl groups is 1. The summed E-state index contributed by atoms with van der Waals surface area (Å²) in [6.07, 6.45) is 10.9. The first-order valence-electron chi connectivity index (χ1n) is 7.92. The van der Waals surface area contributed by atoms with E-state index in [4.69, 9.17) is 5.73 Å². The molecule has 2 nitrogen and oxygen atoms in total. The smallest absolute Gasteiger partial charge is 0.0691 e. The summed E-state index contributed by atoms with van der Waals surface area (Å²) in [6, 6.07) is 0.00157. The molecule has 0 aromatic rings. The van der Waals surface area contributed by atoms with Gasteiger partial charge in [0.1, 0.15) is 0 Å². The summed E-state index contributed by atoms with van der Waals surface area (Å²) in [5, 5.41) is 10.2. The summed E-state index contributed by atoms with van der Waals surface area (Å²) in [7, 11) is 0. The van der Waals surface area contributed by atoms with Crippen LogP contribution < -0.4 is 5.73 Å². The van der Waals surface area contributed by atoms with Crippen LogP contribution in [0.2, 0.25) is 0 Å². The maximum Gasteiger partial charge on any atom is 0.0691 e. The van der Waals surface area contributed by atoms with Gasteiger partial charge in [-0.2, -0.15) is 0 Å². The molecule has 0 radical (unpaired) electrons. The van der Waals surface area contributed by atoms with Crippen molar-refractivity contribution in [3.63, 3.8) is 0 Å². The molecule has 0 bridgehead atoms. The number of hydrogen-bond acceptors (Lipinski definition) is 4. The van der Waals surface area contributed by atoms with Crippen LogP contribution in [0, 0.1) is 5.92 Å². The molecule has 1 saturated carbocycles. The van der Waals surface area contributed by atoms with Gasteiger partial charge in [0.2, 0.25) is 0 Å². The largest absolute Gasteiger partial charge is 0.392 e. The van der Waals surface area contributed by atoms with Crippen LogP contribution >= 0.6 is 23.5 Å². The van der Waals surface area contributed by atoms with Crippen LogP contribution in [0.3, 0.4) is 0 Å². The standard InChI is InChI=1S/C15H29NOS2/c16-13(11-12-5-2-1-3-6-12)14(17)7-8-15-18-9-4-10-19-15/h12-15,17H,1-11,16H2. The van der Waals surface area contributed by atoms with E-state index >= 15 is 0 Å². The molecule has 2 fully saturated rings. The lowest BCUT2D eigenvalue weighted by Gasteiger charge is -2.28. The topological polar surface area (TPSA) is 46.2 Å². The second kappa shape index (κ2) is 8.81. The van der Waals surface area contributed by atoms with Crippen molar-refractivity contribution in [3.05, 3.63) is 0 Å². The monoisotopic (exact) mass is 303 g/mol. The van der Waals surface area contributed by atoms with E-state index in [0.717, 1.165) is 25.2 Å². The zero-order valence-corrected chi connectivity index (χ0v) is 13.6. The predicted molar refractivity (Wildman–Crippen MR) is 87.7 cm³/mol. The molecule has 2 rings (SSSR count). The van der Waals surface area contributed by atoms with Crippen LogP contribution in [0.5, 0.6) is 0 Å². The molecule has 1 aliphatic heterocycles. The lowest BCUT2D eigenvalue weighted by molar-refractivity contribution is 0.117. The third kappa shape index (κ3) is 5.86. The highest BCUT2D eigenvalue weighted by Gasteiger charge is 2.23. The van der Waals surface area contributed by atoms with Gasteiger partial charge in [0, 0.05) is 6.04 Å². The quantitative estimate of drug-likeness (QED) is 0.787. The number of hydrogen-bond donors (Lipinski definition) is 2. The first kappa shape index (κ1) is 16.0. The Morgan fingerprint density at radius 3 is 2.42 bits per heavy atom. The average Bonchev–Trinajstić information content (AvgIpc) is 2.47. The van der Waals surface area contributed by atoms with Crippen molar-refractivity contribution in [1.82, 2.24) is 0 Å². The zero-order valence-electron chi connectivity index (χ0n) is 11.9. The highest BCUT2D eigenvalue weighted by molar-refractivity contribution is 8.17. The molecule has 0 amide bonds. The van der Waals surface area contributed by atoms with Crippen LogP contribution in [0.15, 0.2) is 0 Å². The van der Waals surface area contributed by atoms with Crippen molar-refractivity contribution in [2.75, 3.05) is 11.5 Å². The molecule has 0 aromatic carbocycles. The van der Waals surface area contributed by atoms with E-state index in [0.29, 0.717) is 4.58 Å². The molecule has 4 heteroatoms. The SMILES string of the molecule is NC(CC1CCCCC1)C(O)CCC1SCCCS1. The molecule has 0 spiro atoms. The van der Waals surface area contributed by atoms with Gasteiger partial charge < -0.3 is 10.8 Å². The van der Waals surface area contributed by atoms with E-state index in [9.17, 15) is 5.11 Å². The van der Waals surface area contributed by atoms with Gasteiger partial charge in [-0.15, -0.1) is 23.5 Å². The summed E-state index contributed by atoms with van der Waals surface area (Å²) >= 11 is 4.13. The summed E-state index contributed by atoms with van der Waals surface area (Å²) in [5.41, 5.74) is 6.20. The molecular formula is C15H29NOS2. The van der Waals surface area contributed by atoms with E-state index in [1.165, 1.54) is 50.0 Å². The Morgan fingerprint density at radius 1 is 1.05 bits per heavy atom. The number of rotatable bonds is 6. The minimum atomic E-state index is -0.287.